The SMILES string of the molecule is CCCCC(=O)O[C@H](COC(=O)CCC)COP(=O)(O)O. The molecule has 0 saturated carbocycles. The molecule has 124 valence electrons. The maximum atomic E-state index is 11.5. The van der Waals surface area contributed by atoms with Gasteiger partial charge in [0.1, 0.15) is 6.61 Å². The zero-order chi connectivity index (χ0) is 16.3. The minimum absolute atomic E-state index is 0.186. The summed E-state index contributed by atoms with van der Waals surface area (Å²) in [6.45, 7) is 2.88. The number of rotatable bonds is 11. The number of esters is 2. The standard InChI is InChI=1S/C12H23O8P/c1-3-5-7-12(14)20-10(9-19-21(15,16)17)8-18-11(13)6-4-2/h10H,3-9H2,1-2H3,(H2,15,16,17)/t10-/m1/s1. The first-order valence-corrected chi connectivity index (χ1v) is 8.36. The van der Waals surface area contributed by atoms with Crippen molar-refractivity contribution < 1.29 is 37.9 Å². The fraction of sp³-hybridized carbons (Fsp3) is 0.833. The van der Waals surface area contributed by atoms with Crippen LogP contribution in [0.1, 0.15) is 46.0 Å². The van der Waals surface area contributed by atoms with Gasteiger partial charge in [-0.25, -0.2) is 4.57 Å². The van der Waals surface area contributed by atoms with Crippen molar-refractivity contribution in [3.05, 3.63) is 0 Å². The molecule has 0 bridgehead atoms. The molecule has 0 aliphatic heterocycles. The summed E-state index contributed by atoms with van der Waals surface area (Å²) in [6, 6.07) is 0. The number of hydrogen-bond acceptors (Lipinski definition) is 6. The number of phosphoric ester groups is 1. The van der Waals surface area contributed by atoms with Crippen LogP contribution >= 0.6 is 7.82 Å². The summed E-state index contributed by atoms with van der Waals surface area (Å²) < 4.78 is 24.8. The van der Waals surface area contributed by atoms with Crippen LogP contribution in [0.4, 0.5) is 0 Å². The van der Waals surface area contributed by atoms with Gasteiger partial charge in [-0.15, -0.1) is 0 Å². The summed E-state index contributed by atoms with van der Waals surface area (Å²) in [5.74, 6) is -0.994. The molecule has 0 spiro atoms. The zero-order valence-electron chi connectivity index (χ0n) is 12.3. The predicted octanol–water partition coefficient (Wildman–Crippen LogP) is 1.54. The summed E-state index contributed by atoms with van der Waals surface area (Å²) in [6.07, 6.45) is 1.42. The van der Waals surface area contributed by atoms with Gasteiger partial charge in [-0.1, -0.05) is 20.3 Å². The first-order valence-electron chi connectivity index (χ1n) is 6.83. The van der Waals surface area contributed by atoms with Crippen molar-refractivity contribution in [3.63, 3.8) is 0 Å². The van der Waals surface area contributed by atoms with Gasteiger partial charge in [0, 0.05) is 12.8 Å². The van der Waals surface area contributed by atoms with Gasteiger partial charge in [0.25, 0.3) is 0 Å². The molecule has 9 heteroatoms. The number of hydrogen-bond donors (Lipinski definition) is 2. The summed E-state index contributed by atoms with van der Waals surface area (Å²) in [5.41, 5.74) is 0. The van der Waals surface area contributed by atoms with E-state index in [1.807, 2.05) is 6.92 Å². The van der Waals surface area contributed by atoms with E-state index < -0.39 is 32.5 Å². The summed E-state index contributed by atoms with van der Waals surface area (Å²) in [5, 5.41) is 0. The lowest BCUT2D eigenvalue weighted by atomic mass is 10.2. The van der Waals surface area contributed by atoms with Gasteiger partial charge in [0.05, 0.1) is 6.61 Å². The maximum Gasteiger partial charge on any atom is 0.469 e. The summed E-state index contributed by atoms with van der Waals surface area (Å²) in [4.78, 5) is 40.0. The third-order valence-electron chi connectivity index (χ3n) is 2.35. The second kappa shape index (κ2) is 10.7. The number of phosphoric acid groups is 1. The highest BCUT2D eigenvalue weighted by Gasteiger charge is 2.22. The van der Waals surface area contributed by atoms with Crippen LogP contribution in [-0.4, -0.2) is 41.0 Å². The zero-order valence-corrected chi connectivity index (χ0v) is 13.2. The molecule has 0 fully saturated rings. The van der Waals surface area contributed by atoms with Crippen molar-refractivity contribution in [1.29, 1.82) is 0 Å². The topological polar surface area (TPSA) is 119 Å². The van der Waals surface area contributed by atoms with E-state index in [9.17, 15) is 14.2 Å². The quantitative estimate of drug-likeness (QED) is 0.433. The largest absolute Gasteiger partial charge is 0.469 e. The predicted molar refractivity (Wildman–Crippen MR) is 73.3 cm³/mol. The lowest BCUT2D eigenvalue weighted by Crippen LogP contribution is -2.29. The van der Waals surface area contributed by atoms with Gasteiger partial charge < -0.3 is 19.3 Å². The van der Waals surface area contributed by atoms with E-state index in [1.54, 1.807) is 6.92 Å². The van der Waals surface area contributed by atoms with Crippen molar-refractivity contribution in [3.8, 4) is 0 Å². The number of unbranched alkanes of at least 4 members (excludes halogenated alkanes) is 1. The number of carbonyl (C=O) groups excluding carboxylic acids is 2. The third kappa shape index (κ3) is 12.5. The van der Waals surface area contributed by atoms with E-state index in [0.29, 0.717) is 12.8 Å². The molecule has 2 N–H and O–H groups in total. The van der Waals surface area contributed by atoms with Crippen LogP contribution in [0.15, 0.2) is 0 Å². The molecule has 0 aromatic heterocycles. The highest BCUT2D eigenvalue weighted by atomic mass is 31.2. The molecular formula is C12H23O8P. The van der Waals surface area contributed by atoms with Gasteiger partial charge >= 0.3 is 19.8 Å². The summed E-state index contributed by atoms with van der Waals surface area (Å²) >= 11 is 0. The Labute approximate surface area is 124 Å². The van der Waals surface area contributed by atoms with Gasteiger partial charge in [0.15, 0.2) is 6.10 Å². The lowest BCUT2D eigenvalue weighted by Gasteiger charge is -2.18. The van der Waals surface area contributed by atoms with E-state index in [4.69, 9.17) is 19.3 Å². The lowest BCUT2D eigenvalue weighted by molar-refractivity contribution is -0.161. The smallest absolute Gasteiger partial charge is 0.462 e. The Balaban J connectivity index is 4.35. The molecule has 0 heterocycles. The van der Waals surface area contributed by atoms with E-state index >= 15 is 0 Å². The average molecular weight is 326 g/mol. The Morgan fingerprint density at radius 1 is 1.05 bits per heavy atom. The Hall–Kier alpha value is -0.950. The van der Waals surface area contributed by atoms with Crippen LogP contribution in [0, 0.1) is 0 Å². The van der Waals surface area contributed by atoms with Crippen LogP contribution in [0.3, 0.4) is 0 Å². The van der Waals surface area contributed by atoms with Crippen LogP contribution in [0.25, 0.3) is 0 Å². The molecule has 1 atom stereocenters. The van der Waals surface area contributed by atoms with Crippen molar-refractivity contribution in [2.24, 2.45) is 0 Å². The van der Waals surface area contributed by atoms with Crippen molar-refractivity contribution in [1.82, 2.24) is 0 Å². The van der Waals surface area contributed by atoms with Crippen molar-refractivity contribution in [2.75, 3.05) is 13.2 Å². The minimum atomic E-state index is -4.68. The Morgan fingerprint density at radius 3 is 2.24 bits per heavy atom. The fourth-order valence-electron chi connectivity index (χ4n) is 1.32. The van der Waals surface area contributed by atoms with Crippen LogP contribution in [-0.2, 0) is 28.2 Å². The molecule has 21 heavy (non-hydrogen) atoms. The maximum absolute atomic E-state index is 11.5. The van der Waals surface area contributed by atoms with E-state index in [1.165, 1.54) is 0 Å². The van der Waals surface area contributed by atoms with Gasteiger partial charge in [-0.3, -0.25) is 14.1 Å². The first kappa shape index (κ1) is 20.1. The molecule has 0 unspecified atom stereocenters. The molecule has 0 amide bonds. The Kier molecular flexibility index (Phi) is 10.2. The summed E-state index contributed by atoms with van der Waals surface area (Å²) in [7, 11) is -4.68. The second-order valence-electron chi connectivity index (χ2n) is 4.43. The molecule has 8 nitrogen and oxygen atoms in total. The Morgan fingerprint density at radius 2 is 1.71 bits per heavy atom. The molecule has 0 aromatic rings. The van der Waals surface area contributed by atoms with E-state index in [-0.39, 0.29) is 19.4 Å². The molecule has 0 aliphatic carbocycles. The number of ether oxygens (including phenoxy) is 2. The molecule has 0 aromatic carbocycles. The van der Waals surface area contributed by atoms with E-state index in [0.717, 1.165) is 6.42 Å². The Bertz CT molecular complexity index is 364. The molecule has 0 saturated heterocycles. The van der Waals surface area contributed by atoms with Gasteiger partial charge in [-0.05, 0) is 12.8 Å². The van der Waals surface area contributed by atoms with Crippen molar-refractivity contribution in [2.45, 2.75) is 52.1 Å². The normalized spacial score (nSPS) is 12.8. The third-order valence-corrected chi connectivity index (χ3v) is 2.83. The van der Waals surface area contributed by atoms with Gasteiger partial charge in [-0.2, -0.15) is 0 Å². The first-order chi connectivity index (χ1) is 9.78. The molecule has 0 aliphatic rings. The number of carbonyl (C=O) groups is 2. The van der Waals surface area contributed by atoms with Crippen LogP contribution < -0.4 is 0 Å². The molecule has 0 radical (unpaired) electrons. The minimum Gasteiger partial charge on any atom is -0.462 e. The average Bonchev–Trinajstić information content (AvgIpc) is 2.39. The second-order valence-corrected chi connectivity index (χ2v) is 5.67. The molecule has 0 rings (SSSR count). The highest BCUT2D eigenvalue weighted by Crippen LogP contribution is 2.35. The van der Waals surface area contributed by atoms with Crippen LogP contribution in [0.5, 0.6) is 0 Å². The van der Waals surface area contributed by atoms with E-state index in [2.05, 4.69) is 4.52 Å². The monoisotopic (exact) mass is 326 g/mol. The fourth-order valence-corrected chi connectivity index (χ4v) is 1.68. The molecular weight excluding hydrogens is 303 g/mol. The highest BCUT2D eigenvalue weighted by molar-refractivity contribution is 7.46. The van der Waals surface area contributed by atoms with Crippen LogP contribution in [0.2, 0.25) is 0 Å². The van der Waals surface area contributed by atoms with Crippen molar-refractivity contribution >= 4 is 19.8 Å². The van der Waals surface area contributed by atoms with Gasteiger partial charge in [0.2, 0.25) is 0 Å².